The van der Waals surface area contributed by atoms with Gasteiger partial charge in [-0.3, -0.25) is 0 Å². The summed E-state index contributed by atoms with van der Waals surface area (Å²) in [6.07, 6.45) is 0.566. The highest BCUT2D eigenvalue weighted by Crippen LogP contribution is 2.11. The molecule has 0 spiro atoms. The van der Waals surface area contributed by atoms with Gasteiger partial charge >= 0.3 is 5.97 Å². The van der Waals surface area contributed by atoms with E-state index in [0.29, 0.717) is 17.8 Å². The first kappa shape index (κ1) is 9.71. The number of carbonyl (C=O) groups is 1. The molecule has 13 heavy (non-hydrogen) atoms. The van der Waals surface area contributed by atoms with E-state index in [1.54, 1.807) is 0 Å². The second-order valence-electron chi connectivity index (χ2n) is 2.18. The third-order valence-corrected chi connectivity index (χ3v) is 1.98. The van der Waals surface area contributed by atoms with Gasteiger partial charge in [-0.25, -0.2) is 9.78 Å². The van der Waals surface area contributed by atoms with E-state index in [2.05, 4.69) is 16.8 Å². The fraction of sp³-hybridized carbons (Fsp3) is 0.250. The second-order valence-corrected chi connectivity index (χ2v) is 3.03. The van der Waals surface area contributed by atoms with Gasteiger partial charge in [0.1, 0.15) is 4.88 Å². The second kappa shape index (κ2) is 4.60. The molecule has 0 aliphatic heterocycles. The molecule has 68 valence electrons. The van der Waals surface area contributed by atoms with Crippen molar-refractivity contribution in [3.63, 3.8) is 0 Å². The molecule has 0 radical (unpaired) electrons. The summed E-state index contributed by atoms with van der Waals surface area (Å²) in [5.41, 5.74) is 6.73. The van der Waals surface area contributed by atoms with E-state index < -0.39 is 5.97 Å². The van der Waals surface area contributed by atoms with Gasteiger partial charge < -0.3 is 10.8 Å². The fourth-order valence-corrected chi connectivity index (χ4v) is 1.35. The van der Waals surface area contributed by atoms with E-state index in [1.165, 1.54) is 16.8 Å². The zero-order chi connectivity index (χ0) is 9.68. The summed E-state index contributed by atoms with van der Waals surface area (Å²) in [6, 6.07) is 0. The van der Waals surface area contributed by atoms with Crippen molar-refractivity contribution in [3.05, 3.63) is 16.1 Å². The minimum Gasteiger partial charge on any atom is -0.476 e. The van der Waals surface area contributed by atoms with Gasteiger partial charge in [0.2, 0.25) is 0 Å². The molecule has 0 saturated carbocycles. The number of hydrogen-bond acceptors (Lipinski definition) is 4. The maximum atomic E-state index is 10.6. The lowest BCUT2D eigenvalue weighted by Crippen LogP contribution is -1.99. The monoisotopic (exact) mass is 196 g/mol. The number of hydrogen-bond donors (Lipinski definition) is 2. The lowest BCUT2D eigenvalue weighted by molar-refractivity contribution is 0.0691. The van der Waals surface area contributed by atoms with E-state index in [9.17, 15) is 4.79 Å². The van der Waals surface area contributed by atoms with E-state index in [-0.39, 0.29) is 5.69 Å². The molecule has 0 fully saturated rings. The maximum Gasteiger partial charge on any atom is 0.356 e. The van der Waals surface area contributed by atoms with Crippen molar-refractivity contribution in [2.24, 2.45) is 5.73 Å². The quantitative estimate of drug-likeness (QED) is 0.677. The van der Waals surface area contributed by atoms with Crippen molar-refractivity contribution in [2.45, 2.75) is 6.42 Å². The number of nitrogens with zero attached hydrogens (tertiary/aromatic N) is 1. The molecule has 1 rings (SSSR count). The lowest BCUT2D eigenvalue weighted by Gasteiger charge is -1.86. The SMILES string of the molecule is NCCC#Cc1scnc1C(=O)O. The van der Waals surface area contributed by atoms with Gasteiger partial charge in [-0.2, -0.15) is 0 Å². The van der Waals surface area contributed by atoms with E-state index in [1.807, 2.05) is 0 Å². The van der Waals surface area contributed by atoms with E-state index in [4.69, 9.17) is 10.8 Å². The normalized spacial score (nSPS) is 9.00. The Morgan fingerprint density at radius 1 is 1.77 bits per heavy atom. The van der Waals surface area contributed by atoms with Crippen LogP contribution < -0.4 is 5.73 Å². The van der Waals surface area contributed by atoms with E-state index in [0.717, 1.165) is 0 Å². The number of carboxylic acid groups (broad SMARTS) is 1. The first-order valence-corrected chi connectivity index (χ1v) is 4.49. The van der Waals surface area contributed by atoms with Gasteiger partial charge in [-0.1, -0.05) is 11.8 Å². The first-order valence-electron chi connectivity index (χ1n) is 3.61. The maximum absolute atomic E-state index is 10.6. The van der Waals surface area contributed by atoms with Crippen LogP contribution >= 0.6 is 11.3 Å². The smallest absolute Gasteiger partial charge is 0.356 e. The standard InChI is InChI=1S/C8H8N2O2S/c9-4-2-1-3-6-7(8(11)12)10-5-13-6/h5H,2,4,9H2,(H,11,12). The van der Waals surface area contributed by atoms with Gasteiger partial charge in [0, 0.05) is 13.0 Å². The molecular formula is C8H8N2O2S. The van der Waals surface area contributed by atoms with Gasteiger partial charge in [0.15, 0.2) is 5.69 Å². The van der Waals surface area contributed by atoms with Crippen molar-refractivity contribution in [2.75, 3.05) is 6.54 Å². The van der Waals surface area contributed by atoms with Crippen LogP contribution in [0.5, 0.6) is 0 Å². The molecule has 0 aliphatic carbocycles. The average Bonchev–Trinajstić information content (AvgIpc) is 2.53. The molecule has 0 aromatic carbocycles. The number of aromatic carboxylic acids is 1. The zero-order valence-corrected chi connectivity index (χ0v) is 7.60. The molecule has 1 heterocycles. The van der Waals surface area contributed by atoms with Crippen molar-refractivity contribution >= 4 is 17.3 Å². The molecule has 0 bridgehead atoms. The number of rotatable bonds is 2. The molecule has 5 heteroatoms. The first-order chi connectivity index (χ1) is 6.25. The van der Waals surface area contributed by atoms with Crippen LogP contribution in [0.3, 0.4) is 0 Å². The lowest BCUT2D eigenvalue weighted by atomic mass is 10.3. The Labute approximate surface area is 79.4 Å². The highest BCUT2D eigenvalue weighted by molar-refractivity contribution is 7.10. The summed E-state index contributed by atoms with van der Waals surface area (Å²) in [7, 11) is 0. The third-order valence-electron chi connectivity index (χ3n) is 1.24. The number of nitrogens with two attached hydrogens (primary N) is 1. The van der Waals surface area contributed by atoms with Gasteiger partial charge in [0.25, 0.3) is 0 Å². The number of thiazole rings is 1. The summed E-state index contributed by atoms with van der Waals surface area (Å²) < 4.78 is 0. The molecule has 0 saturated heterocycles. The van der Waals surface area contributed by atoms with E-state index >= 15 is 0 Å². The van der Waals surface area contributed by atoms with Gasteiger partial charge in [-0.15, -0.1) is 11.3 Å². The van der Waals surface area contributed by atoms with Crippen molar-refractivity contribution < 1.29 is 9.90 Å². The number of aromatic nitrogens is 1. The molecule has 0 amide bonds. The summed E-state index contributed by atoms with van der Waals surface area (Å²) in [5, 5.41) is 8.66. The Morgan fingerprint density at radius 3 is 3.15 bits per heavy atom. The van der Waals surface area contributed by atoms with Crippen molar-refractivity contribution in [1.29, 1.82) is 0 Å². The van der Waals surface area contributed by atoms with Crippen molar-refractivity contribution in [3.8, 4) is 11.8 Å². The molecule has 1 aromatic rings. The topological polar surface area (TPSA) is 76.2 Å². The molecular weight excluding hydrogens is 188 g/mol. The predicted octanol–water partition coefficient (Wildman–Crippen LogP) is 0.542. The summed E-state index contributed by atoms with van der Waals surface area (Å²) in [5.74, 6) is 4.44. The largest absolute Gasteiger partial charge is 0.476 e. The third kappa shape index (κ3) is 2.54. The van der Waals surface area contributed by atoms with Crippen LogP contribution in [0.2, 0.25) is 0 Å². The van der Waals surface area contributed by atoms with Crippen LogP contribution in [0.1, 0.15) is 21.8 Å². The van der Waals surface area contributed by atoms with Crippen molar-refractivity contribution in [1.82, 2.24) is 4.98 Å². The summed E-state index contributed by atoms with van der Waals surface area (Å²) in [6.45, 7) is 0.480. The Kier molecular flexibility index (Phi) is 3.43. The number of carboxylic acids is 1. The molecule has 0 atom stereocenters. The predicted molar refractivity (Wildman–Crippen MR) is 49.6 cm³/mol. The molecule has 1 aromatic heterocycles. The Bertz CT molecular complexity index is 362. The summed E-state index contributed by atoms with van der Waals surface area (Å²) in [4.78, 5) is 14.7. The van der Waals surface area contributed by atoms with Crippen LogP contribution in [0.15, 0.2) is 5.51 Å². The van der Waals surface area contributed by atoms with Crippen LogP contribution in [-0.2, 0) is 0 Å². The Morgan fingerprint density at radius 2 is 2.54 bits per heavy atom. The molecule has 3 N–H and O–H groups in total. The Balaban J connectivity index is 2.84. The summed E-state index contributed by atoms with van der Waals surface area (Å²) >= 11 is 1.22. The van der Waals surface area contributed by atoms with Crippen LogP contribution in [-0.4, -0.2) is 22.6 Å². The van der Waals surface area contributed by atoms with Crippen LogP contribution in [0, 0.1) is 11.8 Å². The minimum atomic E-state index is -1.04. The molecule has 0 unspecified atom stereocenters. The highest BCUT2D eigenvalue weighted by atomic mass is 32.1. The van der Waals surface area contributed by atoms with Gasteiger partial charge in [-0.05, 0) is 0 Å². The highest BCUT2D eigenvalue weighted by Gasteiger charge is 2.10. The minimum absolute atomic E-state index is 0.0227. The molecule has 4 nitrogen and oxygen atoms in total. The zero-order valence-electron chi connectivity index (χ0n) is 6.78. The van der Waals surface area contributed by atoms with Crippen LogP contribution in [0.25, 0.3) is 0 Å². The van der Waals surface area contributed by atoms with Gasteiger partial charge in [0.05, 0.1) is 5.51 Å². The molecule has 0 aliphatic rings. The van der Waals surface area contributed by atoms with Crippen LogP contribution in [0.4, 0.5) is 0 Å². The fourth-order valence-electron chi connectivity index (χ4n) is 0.702. The average molecular weight is 196 g/mol. The Hall–Kier alpha value is -1.38.